The molecule has 3 rings (SSSR count). The van der Waals surface area contributed by atoms with Crippen LogP contribution in [0, 0.1) is 0 Å². The maximum atomic E-state index is 12.1. The molecule has 0 radical (unpaired) electrons. The minimum absolute atomic E-state index is 0.163. The van der Waals surface area contributed by atoms with Gasteiger partial charge in [0.1, 0.15) is 5.60 Å². The van der Waals surface area contributed by atoms with Crippen LogP contribution in [0.5, 0.6) is 0 Å². The maximum absolute atomic E-state index is 12.1. The molecule has 0 bridgehead atoms. The third-order valence-electron chi connectivity index (χ3n) is 4.56. The number of ether oxygens (including phenoxy) is 2. The molecule has 0 N–H and O–H groups in total. The molecule has 0 atom stereocenters. The predicted molar refractivity (Wildman–Crippen MR) is 115 cm³/mol. The Morgan fingerprint density at radius 1 is 1.15 bits per heavy atom. The smallest absolute Gasteiger partial charge is 0.410 e. The molecule has 1 aliphatic heterocycles. The van der Waals surface area contributed by atoms with Crippen molar-refractivity contribution in [3.63, 3.8) is 0 Å². The Labute approximate surface area is 177 Å². The summed E-state index contributed by atoms with van der Waals surface area (Å²) in [7, 11) is 0. The van der Waals surface area contributed by atoms with Gasteiger partial charge in [-0.1, -0.05) is 34.1 Å². The fourth-order valence-corrected chi connectivity index (χ4v) is 4.15. The Bertz CT molecular complexity index is 824. The van der Waals surface area contributed by atoms with Crippen LogP contribution in [0.2, 0.25) is 0 Å². The quantitative estimate of drug-likeness (QED) is 0.499. The van der Waals surface area contributed by atoms with Crippen LogP contribution in [-0.2, 0) is 16.1 Å². The molecule has 4 nitrogen and oxygen atoms in total. The molecule has 1 amide bonds. The molecule has 0 aliphatic carbocycles. The zero-order chi connectivity index (χ0) is 19.6. The molecule has 1 aliphatic rings. The zero-order valence-electron chi connectivity index (χ0n) is 15.9. The van der Waals surface area contributed by atoms with E-state index in [0.29, 0.717) is 19.7 Å². The summed E-state index contributed by atoms with van der Waals surface area (Å²) in [6.45, 7) is 7.57. The molecule has 0 unspecified atom stereocenters. The number of amides is 1. The van der Waals surface area contributed by atoms with E-state index >= 15 is 0 Å². The number of piperidine rings is 1. The first-order valence-corrected chi connectivity index (χ1v) is 10.8. The standard InChI is InChI=1S/C21H25Br2NO3/c1-21(2,3)27-20(25)24-10-8-17(9-11-24)26-13-15-5-4-14-12-16(22)6-7-18(14)19(15)23/h4-7,12,17H,8-11,13H2,1-3H3. The number of carbonyl (C=O) groups excluding carboxylic acids is 1. The largest absolute Gasteiger partial charge is 0.444 e. The summed E-state index contributed by atoms with van der Waals surface area (Å²) < 4.78 is 13.7. The molecule has 1 saturated heterocycles. The van der Waals surface area contributed by atoms with Gasteiger partial charge in [0.15, 0.2) is 0 Å². The van der Waals surface area contributed by atoms with E-state index in [1.807, 2.05) is 26.8 Å². The van der Waals surface area contributed by atoms with Crippen LogP contribution in [0.3, 0.4) is 0 Å². The molecule has 0 aromatic heterocycles. The fourth-order valence-electron chi connectivity index (χ4n) is 3.16. The van der Waals surface area contributed by atoms with E-state index < -0.39 is 5.60 Å². The third kappa shape index (κ3) is 5.46. The van der Waals surface area contributed by atoms with Gasteiger partial charge in [-0.15, -0.1) is 0 Å². The summed E-state index contributed by atoms with van der Waals surface area (Å²) in [4.78, 5) is 13.9. The van der Waals surface area contributed by atoms with Gasteiger partial charge in [-0.3, -0.25) is 0 Å². The highest BCUT2D eigenvalue weighted by molar-refractivity contribution is 9.11. The Balaban J connectivity index is 1.55. The average Bonchev–Trinajstić information content (AvgIpc) is 2.60. The summed E-state index contributed by atoms with van der Waals surface area (Å²) in [5, 5.41) is 2.37. The number of hydrogen-bond acceptors (Lipinski definition) is 3. The first-order chi connectivity index (χ1) is 12.7. The van der Waals surface area contributed by atoms with E-state index in [1.54, 1.807) is 4.90 Å². The van der Waals surface area contributed by atoms with Crippen molar-refractivity contribution >= 4 is 48.7 Å². The average molecular weight is 499 g/mol. The second-order valence-electron chi connectivity index (χ2n) is 7.88. The number of nitrogens with zero attached hydrogens (tertiary/aromatic N) is 1. The number of fused-ring (bicyclic) bond motifs is 1. The van der Waals surface area contributed by atoms with Crippen molar-refractivity contribution in [1.29, 1.82) is 0 Å². The number of halogens is 2. The predicted octanol–water partition coefficient (Wildman–Crippen LogP) is 6.28. The van der Waals surface area contributed by atoms with Gasteiger partial charge in [-0.05, 0) is 78.0 Å². The van der Waals surface area contributed by atoms with Crippen molar-refractivity contribution in [1.82, 2.24) is 4.90 Å². The van der Waals surface area contributed by atoms with Gasteiger partial charge in [-0.2, -0.15) is 0 Å². The first-order valence-electron chi connectivity index (χ1n) is 9.19. The van der Waals surface area contributed by atoms with Crippen LogP contribution in [0.1, 0.15) is 39.2 Å². The van der Waals surface area contributed by atoms with Crippen LogP contribution in [-0.4, -0.2) is 35.8 Å². The lowest BCUT2D eigenvalue weighted by Gasteiger charge is -2.33. The molecule has 27 heavy (non-hydrogen) atoms. The molecule has 1 heterocycles. The van der Waals surface area contributed by atoms with Gasteiger partial charge < -0.3 is 14.4 Å². The summed E-state index contributed by atoms with van der Waals surface area (Å²) >= 11 is 7.24. The van der Waals surface area contributed by atoms with Crippen molar-refractivity contribution < 1.29 is 14.3 Å². The molecule has 2 aromatic carbocycles. The molecule has 6 heteroatoms. The highest BCUT2D eigenvalue weighted by atomic mass is 79.9. The van der Waals surface area contributed by atoms with Gasteiger partial charge >= 0.3 is 6.09 Å². The van der Waals surface area contributed by atoms with Gasteiger partial charge in [0, 0.05) is 22.0 Å². The lowest BCUT2D eigenvalue weighted by Crippen LogP contribution is -2.43. The second-order valence-corrected chi connectivity index (χ2v) is 9.59. The van der Waals surface area contributed by atoms with Gasteiger partial charge in [0.05, 0.1) is 12.7 Å². The van der Waals surface area contributed by atoms with Crippen molar-refractivity contribution in [2.75, 3.05) is 13.1 Å². The van der Waals surface area contributed by atoms with Crippen LogP contribution in [0.15, 0.2) is 39.3 Å². The summed E-state index contributed by atoms with van der Waals surface area (Å²) in [6.07, 6.45) is 1.59. The van der Waals surface area contributed by atoms with E-state index in [0.717, 1.165) is 27.4 Å². The van der Waals surface area contributed by atoms with Crippen molar-refractivity contribution in [3.05, 3.63) is 44.8 Å². The van der Waals surface area contributed by atoms with E-state index in [9.17, 15) is 4.79 Å². The topological polar surface area (TPSA) is 38.8 Å². The summed E-state index contributed by atoms with van der Waals surface area (Å²) in [6, 6.07) is 10.5. The van der Waals surface area contributed by atoms with Crippen molar-refractivity contribution in [3.8, 4) is 0 Å². The number of benzene rings is 2. The monoisotopic (exact) mass is 497 g/mol. The Morgan fingerprint density at radius 2 is 1.85 bits per heavy atom. The lowest BCUT2D eigenvalue weighted by molar-refractivity contribution is -0.0171. The Morgan fingerprint density at radius 3 is 2.52 bits per heavy atom. The van der Waals surface area contributed by atoms with Crippen LogP contribution in [0.25, 0.3) is 10.8 Å². The van der Waals surface area contributed by atoms with Crippen LogP contribution < -0.4 is 0 Å². The fraction of sp³-hybridized carbons (Fsp3) is 0.476. The van der Waals surface area contributed by atoms with E-state index in [-0.39, 0.29) is 12.2 Å². The maximum Gasteiger partial charge on any atom is 0.410 e. The Hall–Kier alpha value is -1.11. The van der Waals surface area contributed by atoms with E-state index in [1.165, 1.54) is 10.8 Å². The zero-order valence-corrected chi connectivity index (χ0v) is 19.1. The van der Waals surface area contributed by atoms with Gasteiger partial charge in [-0.25, -0.2) is 4.79 Å². The molecule has 2 aromatic rings. The molecular formula is C21H25Br2NO3. The lowest BCUT2D eigenvalue weighted by atomic mass is 10.1. The number of carbonyl (C=O) groups is 1. The Kier molecular flexibility index (Phi) is 6.49. The normalized spacial score (nSPS) is 16.0. The van der Waals surface area contributed by atoms with Crippen LogP contribution >= 0.6 is 31.9 Å². The van der Waals surface area contributed by atoms with Gasteiger partial charge in [0.2, 0.25) is 0 Å². The third-order valence-corrected chi connectivity index (χ3v) is 5.99. The van der Waals surface area contributed by atoms with Crippen LogP contribution in [0.4, 0.5) is 4.79 Å². The molecular weight excluding hydrogens is 474 g/mol. The molecule has 1 fully saturated rings. The number of rotatable bonds is 3. The first kappa shape index (κ1) is 20.6. The minimum Gasteiger partial charge on any atom is -0.444 e. The molecule has 146 valence electrons. The van der Waals surface area contributed by atoms with Crippen molar-refractivity contribution in [2.45, 2.75) is 51.9 Å². The summed E-state index contributed by atoms with van der Waals surface area (Å²) in [5.74, 6) is 0. The SMILES string of the molecule is CC(C)(C)OC(=O)N1CCC(OCc2ccc3cc(Br)ccc3c2Br)CC1. The number of hydrogen-bond donors (Lipinski definition) is 0. The van der Waals surface area contributed by atoms with Gasteiger partial charge in [0.25, 0.3) is 0 Å². The van der Waals surface area contributed by atoms with Crippen molar-refractivity contribution in [2.24, 2.45) is 0 Å². The number of likely N-dealkylation sites (tertiary alicyclic amines) is 1. The summed E-state index contributed by atoms with van der Waals surface area (Å²) in [5.41, 5.74) is 0.682. The minimum atomic E-state index is -0.456. The highest BCUT2D eigenvalue weighted by Gasteiger charge is 2.27. The molecule has 0 spiro atoms. The van der Waals surface area contributed by atoms with E-state index in [2.05, 4.69) is 56.1 Å². The van der Waals surface area contributed by atoms with E-state index in [4.69, 9.17) is 9.47 Å². The second kappa shape index (κ2) is 8.50. The highest BCUT2D eigenvalue weighted by Crippen LogP contribution is 2.31. The molecule has 0 saturated carbocycles.